The Balaban J connectivity index is 3.39. The molecule has 1 amide bonds. The summed E-state index contributed by atoms with van der Waals surface area (Å²) in [6, 6.07) is 0. The van der Waals surface area contributed by atoms with Gasteiger partial charge < -0.3 is 10.2 Å². The minimum Gasteiger partial charge on any atom is -0.348 e. The topological polar surface area (TPSA) is 32.3 Å². The summed E-state index contributed by atoms with van der Waals surface area (Å²) in [6.45, 7) is 5.78. The number of likely N-dealkylation sites (N-methyl/N-ethyl adjacent to an activating group) is 1. The van der Waals surface area contributed by atoms with Crippen molar-refractivity contribution in [2.75, 3.05) is 27.2 Å². The van der Waals surface area contributed by atoms with Gasteiger partial charge in [0.25, 0.3) is 0 Å². The van der Waals surface area contributed by atoms with E-state index >= 15 is 0 Å². The van der Waals surface area contributed by atoms with Gasteiger partial charge in [-0.25, -0.2) is 0 Å². The van der Waals surface area contributed by atoms with Crippen LogP contribution >= 0.6 is 0 Å². The van der Waals surface area contributed by atoms with E-state index in [0.717, 1.165) is 6.54 Å². The fraction of sp³-hybridized carbons (Fsp3) is 0.900. The first-order valence-corrected chi connectivity index (χ1v) is 4.98. The van der Waals surface area contributed by atoms with Crippen molar-refractivity contribution in [2.45, 2.75) is 26.7 Å². The van der Waals surface area contributed by atoms with Crippen LogP contribution in [0.4, 0.5) is 0 Å². The van der Waals surface area contributed by atoms with Crippen LogP contribution in [0, 0.1) is 5.92 Å². The van der Waals surface area contributed by atoms with Crippen molar-refractivity contribution in [3.8, 4) is 0 Å². The second-order valence-corrected chi connectivity index (χ2v) is 3.81. The van der Waals surface area contributed by atoms with E-state index in [2.05, 4.69) is 19.2 Å². The molecule has 0 heterocycles. The number of rotatable bonds is 6. The molecule has 0 aliphatic rings. The summed E-state index contributed by atoms with van der Waals surface area (Å²) in [5, 5.41) is 3.16. The molecule has 1 atom stereocenters. The second kappa shape index (κ2) is 6.89. The van der Waals surface area contributed by atoms with E-state index in [4.69, 9.17) is 0 Å². The number of amides is 1. The number of nitrogens with zero attached hydrogens (tertiary/aromatic N) is 1. The van der Waals surface area contributed by atoms with E-state index in [0.29, 0.717) is 12.5 Å². The molecule has 3 heteroatoms. The van der Waals surface area contributed by atoms with Gasteiger partial charge in [-0.2, -0.15) is 0 Å². The summed E-state index contributed by atoms with van der Waals surface area (Å²) in [7, 11) is 3.55. The minimum atomic E-state index is 0.142. The van der Waals surface area contributed by atoms with Crippen molar-refractivity contribution >= 4 is 5.91 Å². The first kappa shape index (κ1) is 12.4. The maximum Gasteiger partial charge on any atom is 0.236 e. The van der Waals surface area contributed by atoms with Crippen LogP contribution in [0.5, 0.6) is 0 Å². The van der Waals surface area contributed by atoms with Crippen LogP contribution in [0.3, 0.4) is 0 Å². The fourth-order valence-electron chi connectivity index (χ4n) is 1.18. The Labute approximate surface area is 81.5 Å². The van der Waals surface area contributed by atoms with Gasteiger partial charge in [0.05, 0.1) is 6.54 Å². The monoisotopic (exact) mass is 186 g/mol. The molecule has 0 radical (unpaired) electrons. The molecule has 0 spiro atoms. The van der Waals surface area contributed by atoms with Gasteiger partial charge in [0, 0.05) is 14.1 Å². The summed E-state index contributed by atoms with van der Waals surface area (Å²) in [4.78, 5) is 12.8. The fourth-order valence-corrected chi connectivity index (χ4v) is 1.18. The van der Waals surface area contributed by atoms with Crippen LogP contribution in [-0.2, 0) is 4.79 Å². The van der Waals surface area contributed by atoms with E-state index in [1.165, 1.54) is 12.8 Å². The third-order valence-corrected chi connectivity index (χ3v) is 2.05. The standard InChI is InChI=1S/C10H22N2O/c1-5-6-9(2)7-11-8-10(13)12(3)4/h9,11H,5-8H2,1-4H3/t9-/m1/s1. The number of hydrogen-bond donors (Lipinski definition) is 1. The van der Waals surface area contributed by atoms with Crippen LogP contribution < -0.4 is 5.32 Å². The Kier molecular flexibility index (Phi) is 6.59. The highest BCUT2D eigenvalue weighted by Gasteiger charge is 2.04. The molecule has 0 aliphatic carbocycles. The van der Waals surface area contributed by atoms with Crippen LogP contribution in [0.1, 0.15) is 26.7 Å². The smallest absolute Gasteiger partial charge is 0.236 e. The summed E-state index contributed by atoms with van der Waals surface area (Å²) < 4.78 is 0. The zero-order chi connectivity index (χ0) is 10.3. The van der Waals surface area contributed by atoms with E-state index < -0.39 is 0 Å². The quantitative estimate of drug-likeness (QED) is 0.673. The summed E-state index contributed by atoms with van der Waals surface area (Å²) in [5.41, 5.74) is 0. The van der Waals surface area contributed by atoms with Crippen LogP contribution in [-0.4, -0.2) is 38.0 Å². The Morgan fingerprint density at radius 3 is 2.54 bits per heavy atom. The van der Waals surface area contributed by atoms with Crippen molar-refractivity contribution < 1.29 is 4.79 Å². The molecule has 0 aliphatic heterocycles. The Bertz CT molecular complexity index is 146. The largest absolute Gasteiger partial charge is 0.348 e. The molecule has 1 N–H and O–H groups in total. The molecule has 0 saturated carbocycles. The number of nitrogens with one attached hydrogen (secondary N) is 1. The molecule has 0 rings (SSSR count). The molecule has 13 heavy (non-hydrogen) atoms. The molecular weight excluding hydrogens is 164 g/mol. The molecule has 0 aromatic carbocycles. The molecule has 0 saturated heterocycles. The molecule has 0 fully saturated rings. The van der Waals surface area contributed by atoms with Crippen LogP contribution in [0.15, 0.2) is 0 Å². The number of hydrogen-bond acceptors (Lipinski definition) is 2. The molecule has 0 aromatic rings. The summed E-state index contributed by atoms with van der Waals surface area (Å²) >= 11 is 0. The lowest BCUT2D eigenvalue weighted by Gasteiger charge is -2.13. The highest BCUT2D eigenvalue weighted by atomic mass is 16.2. The lowest BCUT2D eigenvalue weighted by molar-refractivity contribution is -0.127. The Morgan fingerprint density at radius 2 is 2.08 bits per heavy atom. The first-order chi connectivity index (χ1) is 6.07. The van der Waals surface area contributed by atoms with Gasteiger partial charge in [0.15, 0.2) is 0 Å². The molecular formula is C10H22N2O. The molecule has 0 aromatic heterocycles. The lowest BCUT2D eigenvalue weighted by Crippen LogP contribution is -2.34. The predicted octanol–water partition coefficient (Wildman–Crippen LogP) is 1.10. The molecule has 3 nitrogen and oxygen atoms in total. The van der Waals surface area contributed by atoms with Gasteiger partial charge in [-0.3, -0.25) is 4.79 Å². The highest BCUT2D eigenvalue weighted by molar-refractivity contribution is 5.77. The lowest BCUT2D eigenvalue weighted by atomic mass is 10.1. The second-order valence-electron chi connectivity index (χ2n) is 3.81. The van der Waals surface area contributed by atoms with Crippen molar-refractivity contribution in [2.24, 2.45) is 5.92 Å². The zero-order valence-corrected chi connectivity index (χ0v) is 9.26. The Morgan fingerprint density at radius 1 is 1.46 bits per heavy atom. The number of carbonyl (C=O) groups excluding carboxylic acids is 1. The minimum absolute atomic E-state index is 0.142. The van der Waals surface area contributed by atoms with Gasteiger partial charge in [-0.1, -0.05) is 20.3 Å². The van der Waals surface area contributed by atoms with Crippen molar-refractivity contribution in [1.29, 1.82) is 0 Å². The van der Waals surface area contributed by atoms with Gasteiger partial charge in [0.1, 0.15) is 0 Å². The summed E-state index contributed by atoms with van der Waals surface area (Å²) in [6.07, 6.45) is 2.44. The third-order valence-electron chi connectivity index (χ3n) is 2.05. The Hall–Kier alpha value is -0.570. The van der Waals surface area contributed by atoms with Crippen LogP contribution in [0.2, 0.25) is 0 Å². The van der Waals surface area contributed by atoms with Gasteiger partial charge in [0.2, 0.25) is 5.91 Å². The van der Waals surface area contributed by atoms with E-state index in [9.17, 15) is 4.79 Å². The third kappa shape index (κ3) is 6.58. The maximum absolute atomic E-state index is 11.1. The van der Waals surface area contributed by atoms with Crippen molar-refractivity contribution in [1.82, 2.24) is 10.2 Å². The molecule has 0 bridgehead atoms. The van der Waals surface area contributed by atoms with Crippen molar-refractivity contribution in [3.63, 3.8) is 0 Å². The highest BCUT2D eigenvalue weighted by Crippen LogP contribution is 2.02. The van der Waals surface area contributed by atoms with Crippen LogP contribution in [0.25, 0.3) is 0 Å². The average Bonchev–Trinajstić information content (AvgIpc) is 2.04. The van der Waals surface area contributed by atoms with Gasteiger partial charge >= 0.3 is 0 Å². The average molecular weight is 186 g/mol. The summed E-state index contributed by atoms with van der Waals surface area (Å²) in [5.74, 6) is 0.809. The molecule has 78 valence electrons. The maximum atomic E-state index is 11.1. The zero-order valence-electron chi connectivity index (χ0n) is 9.26. The first-order valence-electron chi connectivity index (χ1n) is 4.98. The van der Waals surface area contributed by atoms with Crippen molar-refractivity contribution in [3.05, 3.63) is 0 Å². The number of carbonyl (C=O) groups is 1. The van der Waals surface area contributed by atoms with E-state index in [1.54, 1.807) is 19.0 Å². The SMILES string of the molecule is CCC[C@@H](C)CNCC(=O)N(C)C. The van der Waals surface area contributed by atoms with Gasteiger partial charge in [-0.15, -0.1) is 0 Å². The van der Waals surface area contributed by atoms with E-state index in [-0.39, 0.29) is 5.91 Å². The normalized spacial score (nSPS) is 12.6. The van der Waals surface area contributed by atoms with E-state index in [1.807, 2.05) is 0 Å². The molecule has 0 unspecified atom stereocenters. The van der Waals surface area contributed by atoms with Gasteiger partial charge in [-0.05, 0) is 18.9 Å². The predicted molar refractivity (Wildman–Crippen MR) is 55.6 cm³/mol.